The van der Waals surface area contributed by atoms with Gasteiger partial charge in [0.05, 0.1) is 6.54 Å². The van der Waals surface area contributed by atoms with Crippen molar-refractivity contribution in [3.8, 4) is 5.75 Å². The molecule has 0 radical (unpaired) electrons. The highest BCUT2D eigenvalue weighted by molar-refractivity contribution is 6.30. The first kappa shape index (κ1) is 18.5. The Morgan fingerprint density at radius 1 is 1.16 bits per heavy atom. The maximum absolute atomic E-state index is 11.7. The van der Waals surface area contributed by atoms with E-state index in [2.05, 4.69) is 10.6 Å². The number of hydrogen-bond acceptors (Lipinski definition) is 3. The summed E-state index contributed by atoms with van der Waals surface area (Å²) in [4.78, 5) is 22.8. The van der Waals surface area contributed by atoms with Crippen LogP contribution in [-0.4, -0.2) is 25.0 Å². The fourth-order valence-corrected chi connectivity index (χ4v) is 2.14. The van der Waals surface area contributed by atoms with Crippen molar-refractivity contribution >= 4 is 35.2 Å². The highest BCUT2D eigenvalue weighted by Gasteiger charge is 2.00. The van der Waals surface area contributed by atoms with E-state index in [0.29, 0.717) is 29.6 Å². The maximum Gasteiger partial charge on any atom is 0.244 e. The van der Waals surface area contributed by atoms with E-state index in [0.717, 1.165) is 5.56 Å². The van der Waals surface area contributed by atoms with Gasteiger partial charge in [0.2, 0.25) is 11.8 Å². The van der Waals surface area contributed by atoms with E-state index in [1.807, 2.05) is 12.1 Å². The molecule has 0 unspecified atom stereocenters. The molecule has 0 atom stereocenters. The van der Waals surface area contributed by atoms with Crippen LogP contribution in [-0.2, 0) is 9.59 Å². The van der Waals surface area contributed by atoms with Crippen LogP contribution in [0.2, 0.25) is 5.02 Å². The van der Waals surface area contributed by atoms with Gasteiger partial charge in [-0.2, -0.15) is 0 Å². The van der Waals surface area contributed by atoms with Gasteiger partial charge in [-0.1, -0.05) is 29.8 Å². The van der Waals surface area contributed by atoms with Crippen LogP contribution in [0.15, 0.2) is 54.6 Å². The predicted octanol–water partition coefficient (Wildman–Crippen LogP) is 3.51. The zero-order valence-corrected chi connectivity index (χ0v) is 14.5. The van der Waals surface area contributed by atoms with Crippen LogP contribution in [0.25, 0.3) is 6.08 Å². The second kappa shape index (κ2) is 9.49. The number of anilines is 1. The molecule has 0 aliphatic heterocycles. The molecular weight excluding hydrogens is 340 g/mol. The van der Waals surface area contributed by atoms with E-state index < -0.39 is 0 Å². The summed E-state index contributed by atoms with van der Waals surface area (Å²) in [6.07, 6.45) is 3.17. The van der Waals surface area contributed by atoms with Crippen LogP contribution >= 0.6 is 11.6 Å². The van der Waals surface area contributed by atoms with Gasteiger partial charge in [-0.25, -0.2) is 0 Å². The van der Waals surface area contributed by atoms with Crippen molar-refractivity contribution in [2.45, 2.75) is 6.92 Å². The van der Waals surface area contributed by atoms with Crippen molar-refractivity contribution in [1.82, 2.24) is 5.32 Å². The Labute approximate surface area is 151 Å². The van der Waals surface area contributed by atoms with Gasteiger partial charge in [0.25, 0.3) is 0 Å². The average Bonchev–Trinajstić information content (AvgIpc) is 2.58. The number of rotatable bonds is 7. The normalized spacial score (nSPS) is 10.5. The molecular formula is C19H19ClN2O3. The van der Waals surface area contributed by atoms with Crippen LogP contribution < -0.4 is 15.4 Å². The van der Waals surface area contributed by atoms with E-state index in [1.165, 1.54) is 13.0 Å². The summed E-state index contributed by atoms with van der Waals surface area (Å²) in [5.74, 6) is 0.277. The summed E-state index contributed by atoms with van der Waals surface area (Å²) in [7, 11) is 0. The smallest absolute Gasteiger partial charge is 0.244 e. The van der Waals surface area contributed by atoms with Gasteiger partial charge < -0.3 is 15.4 Å². The lowest BCUT2D eigenvalue weighted by Crippen LogP contribution is -2.26. The lowest BCUT2D eigenvalue weighted by atomic mass is 10.2. The van der Waals surface area contributed by atoms with Crippen molar-refractivity contribution in [1.29, 1.82) is 0 Å². The molecule has 2 N–H and O–H groups in total. The maximum atomic E-state index is 11.7. The molecule has 0 aliphatic carbocycles. The number of amides is 2. The third-order valence-electron chi connectivity index (χ3n) is 3.12. The van der Waals surface area contributed by atoms with Crippen molar-refractivity contribution in [2.24, 2.45) is 0 Å². The summed E-state index contributed by atoms with van der Waals surface area (Å²) in [5, 5.41) is 6.07. The SMILES string of the molecule is CC(=O)Nc1cccc(OCCNC(=O)/C=C/c2ccc(Cl)cc2)c1. The molecule has 2 amide bonds. The molecule has 0 bridgehead atoms. The Bertz CT molecular complexity index is 758. The van der Waals surface area contributed by atoms with E-state index >= 15 is 0 Å². The zero-order chi connectivity index (χ0) is 18.1. The summed E-state index contributed by atoms with van der Waals surface area (Å²) in [5.41, 5.74) is 1.56. The van der Waals surface area contributed by atoms with Gasteiger partial charge in [-0.3, -0.25) is 9.59 Å². The lowest BCUT2D eigenvalue weighted by molar-refractivity contribution is -0.116. The molecule has 130 valence electrons. The second-order valence-electron chi connectivity index (χ2n) is 5.23. The van der Waals surface area contributed by atoms with Gasteiger partial charge in [0.15, 0.2) is 0 Å². The van der Waals surface area contributed by atoms with E-state index in [4.69, 9.17) is 16.3 Å². The Morgan fingerprint density at radius 2 is 1.92 bits per heavy atom. The Morgan fingerprint density at radius 3 is 2.64 bits per heavy atom. The fourth-order valence-electron chi connectivity index (χ4n) is 2.01. The number of hydrogen-bond donors (Lipinski definition) is 2. The molecule has 0 saturated heterocycles. The molecule has 2 aromatic carbocycles. The predicted molar refractivity (Wildman–Crippen MR) is 99.7 cm³/mol. The first-order chi connectivity index (χ1) is 12.0. The molecule has 0 spiro atoms. The highest BCUT2D eigenvalue weighted by atomic mass is 35.5. The number of benzene rings is 2. The minimum Gasteiger partial charge on any atom is -0.492 e. The van der Waals surface area contributed by atoms with E-state index in [-0.39, 0.29) is 11.8 Å². The Hall–Kier alpha value is -2.79. The standard InChI is InChI=1S/C19H19ClN2O3/c1-14(23)22-17-3-2-4-18(13-17)25-12-11-21-19(24)10-7-15-5-8-16(20)9-6-15/h2-10,13H,11-12H2,1H3,(H,21,24)(H,22,23)/b10-7+. The zero-order valence-electron chi connectivity index (χ0n) is 13.8. The number of nitrogens with one attached hydrogen (secondary N) is 2. The molecule has 2 aromatic rings. The summed E-state index contributed by atoms with van der Waals surface area (Å²) in [6.45, 7) is 2.14. The Kier molecular flexibility index (Phi) is 7.04. The molecule has 0 heterocycles. The topological polar surface area (TPSA) is 67.4 Å². The van der Waals surface area contributed by atoms with Crippen LogP contribution in [0, 0.1) is 0 Å². The van der Waals surface area contributed by atoms with Gasteiger partial charge >= 0.3 is 0 Å². The third kappa shape index (κ3) is 7.10. The van der Waals surface area contributed by atoms with Crippen LogP contribution in [0.1, 0.15) is 12.5 Å². The van der Waals surface area contributed by atoms with Crippen LogP contribution in [0.4, 0.5) is 5.69 Å². The molecule has 0 aliphatic rings. The summed E-state index contributed by atoms with van der Waals surface area (Å²) < 4.78 is 5.55. The second-order valence-corrected chi connectivity index (χ2v) is 5.67. The lowest BCUT2D eigenvalue weighted by Gasteiger charge is -2.08. The fraction of sp³-hybridized carbons (Fsp3) is 0.158. The van der Waals surface area contributed by atoms with Crippen molar-refractivity contribution < 1.29 is 14.3 Å². The number of ether oxygens (including phenoxy) is 1. The number of carbonyl (C=O) groups excluding carboxylic acids is 2. The third-order valence-corrected chi connectivity index (χ3v) is 3.37. The molecule has 0 fully saturated rings. The average molecular weight is 359 g/mol. The molecule has 5 nitrogen and oxygen atoms in total. The first-order valence-corrected chi connectivity index (χ1v) is 8.12. The molecule has 6 heteroatoms. The molecule has 0 aromatic heterocycles. The minimum absolute atomic E-state index is 0.142. The molecule has 0 saturated carbocycles. The van der Waals surface area contributed by atoms with Gasteiger partial charge in [-0.15, -0.1) is 0 Å². The number of halogens is 1. The van der Waals surface area contributed by atoms with Crippen molar-refractivity contribution in [3.05, 3.63) is 65.2 Å². The summed E-state index contributed by atoms with van der Waals surface area (Å²) in [6, 6.07) is 14.3. The van der Waals surface area contributed by atoms with Crippen molar-refractivity contribution in [2.75, 3.05) is 18.5 Å². The van der Waals surface area contributed by atoms with Crippen molar-refractivity contribution in [3.63, 3.8) is 0 Å². The van der Waals surface area contributed by atoms with Gasteiger partial charge in [-0.05, 0) is 35.9 Å². The van der Waals surface area contributed by atoms with Gasteiger partial charge in [0, 0.05) is 29.8 Å². The van der Waals surface area contributed by atoms with Crippen LogP contribution in [0.5, 0.6) is 5.75 Å². The van der Waals surface area contributed by atoms with E-state index in [9.17, 15) is 9.59 Å². The Balaban J connectivity index is 1.72. The monoisotopic (exact) mass is 358 g/mol. The first-order valence-electron chi connectivity index (χ1n) is 7.75. The highest BCUT2D eigenvalue weighted by Crippen LogP contribution is 2.17. The largest absolute Gasteiger partial charge is 0.492 e. The van der Waals surface area contributed by atoms with Gasteiger partial charge in [0.1, 0.15) is 12.4 Å². The minimum atomic E-state index is -0.203. The number of carbonyl (C=O) groups is 2. The molecule has 25 heavy (non-hydrogen) atoms. The van der Waals surface area contributed by atoms with E-state index in [1.54, 1.807) is 42.5 Å². The van der Waals surface area contributed by atoms with Crippen LogP contribution in [0.3, 0.4) is 0 Å². The molecule has 2 rings (SSSR count). The summed E-state index contributed by atoms with van der Waals surface area (Å²) >= 11 is 5.81. The quantitative estimate of drug-likeness (QED) is 0.588.